The van der Waals surface area contributed by atoms with Gasteiger partial charge in [0.1, 0.15) is 36.6 Å². The van der Waals surface area contributed by atoms with Crippen molar-refractivity contribution < 1.29 is 113 Å². The fraction of sp³-hybridized carbons (Fsp3) is 0.462. The number of carbonyl (C=O) groups excluding carboxylic acids is 4. The Hall–Kier alpha value is -5.96. The Morgan fingerprint density at radius 2 is 0.833 bits per heavy atom. The van der Waals surface area contributed by atoms with E-state index >= 15 is 0 Å². The summed E-state index contributed by atoms with van der Waals surface area (Å²) in [6.45, 7) is -3.88. The van der Waals surface area contributed by atoms with Crippen LogP contribution in [0.4, 0.5) is 0 Å². The Bertz CT molecular complexity index is 2560. The summed E-state index contributed by atoms with van der Waals surface area (Å²) in [5.41, 5.74) is -13.3. The van der Waals surface area contributed by atoms with E-state index in [9.17, 15) is 101 Å². The van der Waals surface area contributed by atoms with Crippen molar-refractivity contribution >= 4 is 23.6 Å². The maximum atomic E-state index is 14.1. The van der Waals surface area contributed by atoms with E-state index in [0.717, 1.165) is 0 Å². The molecule has 4 aromatic rings. The minimum atomic E-state index is -3.67. The smallest absolute Gasteiger partial charge is 0.303 e. The largest absolute Gasteiger partial charge is 0.394 e. The van der Waals surface area contributed by atoms with Crippen LogP contribution in [0.1, 0.15) is 61.2 Å². The van der Waals surface area contributed by atoms with Gasteiger partial charge < -0.3 is 112 Å². The van der Waals surface area contributed by atoms with Crippen molar-refractivity contribution in [1.29, 1.82) is 0 Å². The normalized spacial score (nSPS) is 31.7. The van der Waals surface area contributed by atoms with Gasteiger partial charge in [-0.25, -0.2) is 0 Å². The van der Waals surface area contributed by atoms with Crippen molar-refractivity contribution in [2.45, 2.75) is 135 Å². The van der Waals surface area contributed by atoms with Crippen LogP contribution in [0.5, 0.6) is 0 Å². The lowest BCUT2D eigenvalue weighted by atomic mass is 9.73. The Morgan fingerprint density at radius 1 is 0.513 bits per heavy atom. The fourth-order valence-electron chi connectivity index (χ4n) is 9.26. The third-order valence-electron chi connectivity index (χ3n) is 13.8. The second-order valence-electron chi connectivity index (χ2n) is 19.3. The highest BCUT2D eigenvalue weighted by molar-refractivity contribution is 5.96. The van der Waals surface area contributed by atoms with Gasteiger partial charge in [-0.1, -0.05) is 84.9 Å². The van der Waals surface area contributed by atoms with Crippen LogP contribution in [-0.4, -0.2) is 214 Å². The van der Waals surface area contributed by atoms with Crippen LogP contribution in [0.2, 0.25) is 0 Å². The Labute approximate surface area is 447 Å². The highest BCUT2D eigenvalue weighted by Gasteiger charge is 2.75. The molecule has 20 N–H and O–H groups in total. The zero-order valence-corrected chi connectivity index (χ0v) is 41.4. The van der Waals surface area contributed by atoms with E-state index in [4.69, 9.17) is 12.2 Å². The molecule has 0 saturated carbocycles. The first kappa shape index (κ1) is 58.2. The summed E-state index contributed by atoms with van der Waals surface area (Å²) in [7, 11) is 0. The first-order valence-electron chi connectivity index (χ1n) is 25.5. The summed E-state index contributed by atoms with van der Waals surface area (Å²) in [6.07, 6.45) is -24.4. The van der Waals surface area contributed by atoms with Gasteiger partial charge >= 0.3 is 11.8 Å². The van der Waals surface area contributed by atoms with E-state index in [-0.39, 0.29) is 22.3 Å². The van der Waals surface area contributed by atoms with Crippen LogP contribution in [0.15, 0.2) is 109 Å². The minimum Gasteiger partial charge on any atom is -0.394 e. The SMILES string of the molecule is [2H]C[C@@H](O)[C@@H](O)[C@H](O)CC(=O)N[C@]1(O)O[C@H](CO)[C@@H](O)[C@@](O)(Cc2ccccc2)[C@]1(O)NC(=O)c1ccc(-c2ccc(C(=O)N[C@]3(O)[C@](O)(NC(=O)C[C@@H](O)[C@H](O)[C@H](O)C[2H])O[C@H](CO)[C@@H](O)[C@@]3(O)Cc3ccccc3)cc2)cc1. The molecule has 78 heavy (non-hydrogen) atoms. The summed E-state index contributed by atoms with van der Waals surface area (Å²) in [4.78, 5) is 54.9. The van der Waals surface area contributed by atoms with E-state index in [1.807, 2.05) is 21.3 Å². The molecule has 0 bridgehead atoms. The third-order valence-corrected chi connectivity index (χ3v) is 13.8. The monoisotopic (exact) mass is 1100 g/mol. The zero-order valence-electron chi connectivity index (χ0n) is 43.4. The lowest BCUT2D eigenvalue weighted by Crippen LogP contribution is -2.88. The van der Waals surface area contributed by atoms with Gasteiger partial charge in [0.05, 0.1) is 50.5 Å². The molecule has 2 aliphatic heterocycles. The maximum absolute atomic E-state index is 14.1. The number of ether oxygens (including phenoxy) is 2. The fourth-order valence-corrected chi connectivity index (χ4v) is 9.26. The van der Waals surface area contributed by atoms with Gasteiger partial charge in [0.25, 0.3) is 11.8 Å². The number of carbonyl (C=O) groups is 4. The number of hydrogen-bond donors (Lipinski definition) is 20. The van der Waals surface area contributed by atoms with E-state index in [2.05, 4.69) is 0 Å². The molecule has 2 heterocycles. The Morgan fingerprint density at radius 3 is 1.13 bits per heavy atom. The average molecular weight is 1100 g/mol. The van der Waals surface area contributed by atoms with Crippen molar-refractivity contribution in [2.24, 2.45) is 0 Å². The molecule has 2 saturated heterocycles. The van der Waals surface area contributed by atoms with Gasteiger partial charge in [-0.3, -0.25) is 19.2 Å². The van der Waals surface area contributed by atoms with Gasteiger partial charge in [0, 0.05) is 26.7 Å². The molecular weight excluding hydrogens is 1030 g/mol. The van der Waals surface area contributed by atoms with E-state index in [0.29, 0.717) is 11.1 Å². The molecule has 26 heteroatoms. The third kappa shape index (κ3) is 12.1. The van der Waals surface area contributed by atoms with Gasteiger partial charge in [-0.05, 0) is 60.3 Å². The molecule has 426 valence electrons. The van der Waals surface area contributed by atoms with Gasteiger partial charge in [-0.15, -0.1) is 0 Å². The second-order valence-corrected chi connectivity index (χ2v) is 19.3. The lowest BCUT2D eigenvalue weighted by Gasteiger charge is -2.58. The maximum Gasteiger partial charge on any atom is 0.303 e. The van der Waals surface area contributed by atoms with E-state index in [1.54, 1.807) is 12.1 Å². The predicted octanol–water partition coefficient (Wildman–Crippen LogP) is -5.85. The summed E-state index contributed by atoms with van der Waals surface area (Å²) in [5, 5.41) is 186. The van der Waals surface area contributed by atoms with Crippen molar-refractivity contribution in [2.75, 3.05) is 13.2 Å². The van der Waals surface area contributed by atoms with Crippen LogP contribution in [0.25, 0.3) is 11.1 Å². The van der Waals surface area contributed by atoms with Gasteiger partial charge in [-0.2, -0.15) is 0 Å². The number of aliphatic hydroxyl groups excluding tert-OH is 10. The molecule has 4 aromatic carbocycles. The molecular formula is C52H66N4O22. The van der Waals surface area contributed by atoms with Gasteiger partial charge in [0.2, 0.25) is 23.3 Å². The first-order valence-corrected chi connectivity index (χ1v) is 24.1. The molecule has 0 spiro atoms. The summed E-state index contributed by atoms with van der Waals surface area (Å²) in [5.74, 6) is -12.8. The zero-order chi connectivity index (χ0) is 59.2. The van der Waals surface area contributed by atoms with Crippen LogP contribution < -0.4 is 21.3 Å². The molecule has 0 aliphatic carbocycles. The number of rotatable bonds is 21. The van der Waals surface area contributed by atoms with E-state index < -0.39 is 172 Å². The van der Waals surface area contributed by atoms with Gasteiger partial charge in [0.15, 0.2) is 11.2 Å². The number of aliphatic hydroxyl groups is 16. The number of benzene rings is 4. The van der Waals surface area contributed by atoms with Crippen LogP contribution in [0, 0.1) is 0 Å². The van der Waals surface area contributed by atoms with Crippen LogP contribution >= 0.6 is 0 Å². The molecule has 6 rings (SSSR count). The number of amides is 4. The van der Waals surface area contributed by atoms with Crippen LogP contribution in [0.3, 0.4) is 0 Å². The number of hydrogen-bond acceptors (Lipinski definition) is 22. The molecule has 4 amide bonds. The molecule has 0 radical (unpaired) electrons. The van der Waals surface area contributed by atoms with Crippen LogP contribution in [-0.2, 0) is 31.9 Å². The van der Waals surface area contributed by atoms with E-state index in [1.165, 1.54) is 97.1 Å². The highest BCUT2D eigenvalue weighted by atomic mass is 16.7. The summed E-state index contributed by atoms with van der Waals surface area (Å²) >= 11 is 0. The lowest BCUT2D eigenvalue weighted by molar-refractivity contribution is -0.428. The average Bonchev–Trinajstić information content (AvgIpc) is 2.91. The molecule has 2 fully saturated rings. The molecule has 16 atom stereocenters. The minimum absolute atomic E-state index is 0.184. The quantitative estimate of drug-likeness (QED) is 0.0346. The first-order chi connectivity index (χ1) is 37.6. The van der Waals surface area contributed by atoms with Crippen molar-refractivity contribution in [1.82, 2.24) is 21.3 Å². The summed E-state index contributed by atoms with van der Waals surface area (Å²) < 4.78 is 25.3. The van der Waals surface area contributed by atoms with Crippen molar-refractivity contribution in [3.8, 4) is 11.1 Å². The van der Waals surface area contributed by atoms with Crippen molar-refractivity contribution in [3.05, 3.63) is 131 Å². The Balaban J connectivity index is 1.28. The van der Waals surface area contributed by atoms with Crippen molar-refractivity contribution in [3.63, 3.8) is 0 Å². The molecule has 0 aromatic heterocycles. The molecule has 26 nitrogen and oxygen atoms in total. The second kappa shape index (κ2) is 24.2. The predicted molar refractivity (Wildman–Crippen MR) is 266 cm³/mol. The molecule has 0 unspecified atom stereocenters. The summed E-state index contributed by atoms with van der Waals surface area (Å²) in [6, 6.07) is 25.1. The Kier molecular flexibility index (Phi) is 18.0. The number of nitrogens with one attached hydrogen (secondary N) is 4. The topological polar surface area (TPSA) is 459 Å². The molecule has 2 aliphatic rings. The standard InChI is InChI=1S/C52H66N4O22/c1-27(59)41(65)35(61)21-39(63)53-51(75)49(73,47(71,43(67)37(25-57)77-51)23-29-9-5-3-6-10-29)55-45(69)33-17-13-31(14-18-33)32-15-19-34(20-16-32)46(70)56-50(74)48(72,24-30-11-7-4-8-12-30)44(68)38(26-58)78-52(50,76)54-40(64)22-36(62)42(66)28(2)60/h3-20,27-28,35-38,41-44,57-62,65-68,71-76H,21-26H2,1-2H3,(H,53,63)(H,54,64)(H,55,69)(H,56,70)/t27-,28-,35-,36-,37-,38-,41-,42-,43-,44-,47+,48+,49-,50-,51-,52-/m1/s1/i1D,2D. The highest BCUT2D eigenvalue weighted by Crippen LogP contribution is 2.45.